The van der Waals surface area contributed by atoms with Crippen molar-refractivity contribution in [3.8, 4) is 0 Å². The highest BCUT2D eigenvalue weighted by atomic mass is 32.1. The highest BCUT2D eigenvalue weighted by Gasteiger charge is 2.25. The molecule has 0 saturated heterocycles. The maximum Gasteiger partial charge on any atom is 0.347 e. The minimum atomic E-state index is -0.835. The van der Waals surface area contributed by atoms with E-state index in [9.17, 15) is 9.90 Å². The maximum absolute atomic E-state index is 11.4. The van der Waals surface area contributed by atoms with Crippen molar-refractivity contribution in [3.63, 3.8) is 0 Å². The van der Waals surface area contributed by atoms with Gasteiger partial charge >= 0.3 is 5.97 Å². The zero-order valence-corrected chi connectivity index (χ0v) is 12.9. The molecule has 1 heterocycles. The number of aromatic carboxylic acids is 1. The molecule has 110 valence electrons. The van der Waals surface area contributed by atoms with Gasteiger partial charge < -0.3 is 5.11 Å². The van der Waals surface area contributed by atoms with E-state index in [2.05, 4.69) is 36.2 Å². The number of hydrogen-bond acceptors (Lipinski definition) is 3. The number of nitrogens with zero attached hydrogens (tertiary/aromatic N) is 1. The predicted molar refractivity (Wildman–Crippen MR) is 84.3 cm³/mol. The fourth-order valence-corrected chi connectivity index (χ4v) is 4.11. The van der Waals surface area contributed by atoms with Crippen LogP contribution in [-0.2, 0) is 19.3 Å². The van der Waals surface area contributed by atoms with E-state index in [1.54, 1.807) is 0 Å². The second-order valence-corrected chi connectivity index (χ2v) is 6.62. The molecule has 0 saturated carbocycles. The van der Waals surface area contributed by atoms with Crippen LogP contribution in [0.15, 0.2) is 24.3 Å². The van der Waals surface area contributed by atoms with Gasteiger partial charge in [-0.15, -0.1) is 11.3 Å². The van der Waals surface area contributed by atoms with Crippen molar-refractivity contribution in [3.05, 3.63) is 51.0 Å². The second kappa shape index (κ2) is 5.98. The highest BCUT2D eigenvalue weighted by molar-refractivity contribution is 7.13. The molecule has 0 amide bonds. The Morgan fingerprint density at radius 1 is 1.38 bits per heavy atom. The fourth-order valence-electron chi connectivity index (χ4n) is 3.03. The van der Waals surface area contributed by atoms with Crippen LogP contribution >= 0.6 is 11.3 Å². The third kappa shape index (κ3) is 2.86. The minimum absolute atomic E-state index is 0.369. The van der Waals surface area contributed by atoms with E-state index in [4.69, 9.17) is 0 Å². The van der Waals surface area contributed by atoms with Crippen LogP contribution in [0.4, 0.5) is 0 Å². The summed E-state index contributed by atoms with van der Waals surface area (Å²) in [4.78, 5) is 16.5. The number of thiazole rings is 1. The maximum atomic E-state index is 11.4. The van der Waals surface area contributed by atoms with Crippen molar-refractivity contribution in [1.82, 2.24) is 4.98 Å². The lowest BCUT2D eigenvalue weighted by Crippen LogP contribution is -2.12. The van der Waals surface area contributed by atoms with Crippen LogP contribution < -0.4 is 0 Å². The smallest absolute Gasteiger partial charge is 0.347 e. The number of rotatable bonds is 4. The Morgan fingerprint density at radius 2 is 2.14 bits per heavy atom. The predicted octanol–water partition coefficient (Wildman–Crippen LogP) is 4.07. The summed E-state index contributed by atoms with van der Waals surface area (Å²) in [5.41, 5.74) is 3.58. The van der Waals surface area contributed by atoms with Gasteiger partial charge in [0, 0.05) is 5.92 Å². The van der Waals surface area contributed by atoms with Gasteiger partial charge in [-0.3, -0.25) is 0 Å². The van der Waals surface area contributed by atoms with Gasteiger partial charge in [-0.1, -0.05) is 37.6 Å². The molecule has 3 rings (SSSR count). The molecule has 1 unspecified atom stereocenters. The van der Waals surface area contributed by atoms with Crippen LogP contribution in [-0.4, -0.2) is 16.1 Å². The normalized spacial score (nSPS) is 17.5. The van der Waals surface area contributed by atoms with Gasteiger partial charge in [0.2, 0.25) is 0 Å². The van der Waals surface area contributed by atoms with E-state index in [1.807, 2.05) is 0 Å². The first-order chi connectivity index (χ1) is 10.2. The first kappa shape index (κ1) is 14.3. The van der Waals surface area contributed by atoms with E-state index >= 15 is 0 Å². The lowest BCUT2D eigenvalue weighted by molar-refractivity contribution is 0.0700. The summed E-state index contributed by atoms with van der Waals surface area (Å²) < 4.78 is 0. The summed E-state index contributed by atoms with van der Waals surface area (Å²) in [6, 6.07) is 8.54. The lowest BCUT2D eigenvalue weighted by Gasteiger charge is -2.22. The van der Waals surface area contributed by atoms with E-state index in [1.165, 1.54) is 22.5 Å². The molecule has 4 heteroatoms. The number of carboxylic acids is 1. The molecule has 3 nitrogen and oxygen atoms in total. The molecule has 0 aliphatic heterocycles. The molecule has 2 aromatic rings. The third-order valence-corrected chi connectivity index (χ3v) is 5.34. The zero-order valence-electron chi connectivity index (χ0n) is 12.1. The summed E-state index contributed by atoms with van der Waals surface area (Å²) in [5.74, 6) is -0.466. The van der Waals surface area contributed by atoms with Crippen LogP contribution in [0.1, 0.15) is 57.2 Å². The SMILES string of the molecule is CCCc1nc(C2CCc3ccccc3C2)sc1C(=O)O. The number of aromatic nitrogens is 1. The van der Waals surface area contributed by atoms with Crippen molar-refractivity contribution < 1.29 is 9.90 Å². The van der Waals surface area contributed by atoms with E-state index in [-0.39, 0.29) is 0 Å². The number of hydrogen-bond donors (Lipinski definition) is 1. The van der Waals surface area contributed by atoms with Gasteiger partial charge in [-0.2, -0.15) is 0 Å². The second-order valence-electron chi connectivity index (χ2n) is 5.59. The van der Waals surface area contributed by atoms with Crippen LogP contribution in [0.25, 0.3) is 0 Å². The van der Waals surface area contributed by atoms with Crippen molar-refractivity contribution >= 4 is 17.3 Å². The Morgan fingerprint density at radius 3 is 2.86 bits per heavy atom. The van der Waals surface area contributed by atoms with Crippen LogP contribution in [0.2, 0.25) is 0 Å². The third-order valence-electron chi connectivity index (χ3n) is 4.09. The van der Waals surface area contributed by atoms with E-state index in [0.717, 1.165) is 42.8 Å². The minimum Gasteiger partial charge on any atom is -0.477 e. The van der Waals surface area contributed by atoms with Crippen molar-refractivity contribution in [2.45, 2.75) is 44.9 Å². The molecule has 21 heavy (non-hydrogen) atoms. The van der Waals surface area contributed by atoms with Gasteiger partial charge in [-0.05, 0) is 36.8 Å². The largest absolute Gasteiger partial charge is 0.477 e. The first-order valence-corrected chi connectivity index (χ1v) is 8.30. The Bertz CT molecular complexity index is 663. The molecule has 0 bridgehead atoms. The average Bonchev–Trinajstić information content (AvgIpc) is 2.91. The first-order valence-electron chi connectivity index (χ1n) is 7.48. The standard InChI is InChI=1S/C17H19NO2S/c1-2-5-14-15(17(19)20)21-16(18-14)13-9-8-11-6-3-4-7-12(11)10-13/h3-4,6-7,13H,2,5,8-10H2,1H3,(H,19,20). The summed E-state index contributed by atoms with van der Waals surface area (Å²) in [7, 11) is 0. The molecule has 1 atom stereocenters. The molecular formula is C17H19NO2S. The molecule has 1 aromatic carbocycles. The molecule has 0 radical (unpaired) electrons. The summed E-state index contributed by atoms with van der Waals surface area (Å²) >= 11 is 1.38. The van der Waals surface area contributed by atoms with Gasteiger partial charge in [-0.25, -0.2) is 9.78 Å². The summed E-state index contributed by atoms with van der Waals surface area (Å²) in [6.45, 7) is 2.06. The topological polar surface area (TPSA) is 50.2 Å². The summed E-state index contributed by atoms with van der Waals surface area (Å²) in [5, 5.41) is 10.3. The van der Waals surface area contributed by atoms with Crippen LogP contribution in [0.3, 0.4) is 0 Å². The van der Waals surface area contributed by atoms with Gasteiger partial charge in [0.15, 0.2) is 0 Å². The van der Waals surface area contributed by atoms with Gasteiger partial charge in [0.05, 0.1) is 10.7 Å². The Labute approximate surface area is 128 Å². The Hall–Kier alpha value is -1.68. The van der Waals surface area contributed by atoms with Crippen LogP contribution in [0.5, 0.6) is 0 Å². The average molecular weight is 301 g/mol. The molecular weight excluding hydrogens is 282 g/mol. The number of aryl methyl sites for hydroxylation is 2. The van der Waals surface area contributed by atoms with E-state index < -0.39 is 5.97 Å². The van der Waals surface area contributed by atoms with Gasteiger partial charge in [0.25, 0.3) is 0 Å². The summed E-state index contributed by atoms with van der Waals surface area (Å²) in [6.07, 6.45) is 4.79. The Balaban J connectivity index is 1.88. The van der Waals surface area contributed by atoms with Crippen LogP contribution in [0, 0.1) is 0 Å². The molecule has 1 aliphatic carbocycles. The molecule has 1 aliphatic rings. The Kier molecular flexibility index (Phi) is 4.06. The van der Waals surface area contributed by atoms with Crippen molar-refractivity contribution in [2.75, 3.05) is 0 Å². The quantitative estimate of drug-likeness (QED) is 0.926. The highest BCUT2D eigenvalue weighted by Crippen LogP contribution is 2.35. The monoisotopic (exact) mass is 301 g/mol. The fraction of sp³-hybridized carbons (Fsp3) is 0.412. The van der Waals surface area contributed by atoms with E-state index in [0.29, 0.717) is 10.8 Å². The number of fused-ring (bicyclic) bond motifs is 1. The van der Waals surface area contributed by atoms with Gasteiger partial charge in [0.1, 0.15) is 4.88 Å². The number of benzene rings is 1. The molecule has 1 aromatic heterocycles. The molecule has 0 spiro atoms. The zero-order chi connectivity index (χ0) is 14.8. The molecule has 1 N–H and O–H groups in total. The molecule has 0 fully saturated rings. The van der Waals surface area contributed by atoms with Crippen molar-refractivity contribution in [1.29, 1.82) is 0 Å². The lowest BCUT2D eigenvalue weighted by atomic mass is 9.84. The number of carbonyl (C=O) groups is 1. The number of carboxylic acid groups (broad SMARTS) is 1. The van der Waals surface area contributed by atoms with Crippen molar-refractivity contribution in [2.24, 2.45) is 0 Å².